The van der Waals surface area contributed by atoms with Crippen LogP contribution in [0.5, 0.6) is 5.75 Å². The number of primary amides is 1. The molecule has 4 N–H and O–H groups in total. The van der Waals surface area contributed by atoms with Gasteiger partial charge in [0.2, 0.25) is 5.91 Å². The average Bonchev–Trinajstić information content (AvgIpc) is 2.81. The zero-order valence-electron chi connectivity index (χ0n) is 24.4. The van der Waals surface area contributed by atoms with Crippen molar-refractivity contribution in [2.75, 3.05) is 0 Å². The smallest absolute Gasteiger partial charge is 0.235 e. The van der Waals surface area contributed by atoms with Crippen molar-refractivity contribution < 1.29 is 34.2 Å². The van der Waals surface area contributed by atoms with Gasteiger partial charge >= 0.3 is 0 Å². The molecule has 40 heavy (non-hydrogen) atoms. The van der Waals surface area contributed by atoms with Crippen LogP contribution in [0.3, 0.4) is 0 Å². The van der Waals surface area contributed by atoms with Crippen molar-refractivity contribution in [3.8, 4) is 5.75 Å². The molecule has 1 amide bonds. The normalized spacial score (nSPS) is 30.2. The highest BCUT2D eigenvalue weighted by molar-refractivity contribution is 6.31. The Hall–Kier alpha value is -2.87. The lowest BCUT2D eigenvalue weighted by atomic mass is 9.49. The molecule has 218 valence electrons. The molecule has 2 saturated carbocycles. The zero-order valence-corrected chi connectivity index (χ0v) is 24.4. The number of carbonyl (C=O) groups excluding carboxylic acids is 5. The number of rotatable bonds is 8. The van der Waals surface area contributed by atoms with Crippen LogP contribution in [0.1, 0.15) is 82.3 Å². The lowest BCUT2D eigenvalue weighted by Crippen LogP contribution is -2.71. The van der Waals surface area contributed by atoms with Gasteiger partial charge in [-0.05, 0) is 78.9 Å². The number of fused-ring (bicyclic) bond motifs is 3. The largest absolute Gasteiger partial charge is 0.507 e. The van der Waals surface area contributed by atoms with Gasteiger partial charge in [0.25, 0.3) is 0 Å². The van der Waals surface area contributed by atoms with Crippen LogP contribution < -0.4 is 5.73 Å². The maximum absolute atomic E-state index is 14.0. The first-order valence-electron chi connectivity index (χ1n) is 14.6. The first-order valence-corrected chi connectivity index (χ1v) is 14.6. The molecule has 3 aliphatic rings. The SMILES string of the molecule is CC(C)CC(Cc1ccc(O)c2c1C[C@H]1C[C@H]3[C@H](C(C)C)C(=O)C(C(N)=O)C(=O)[C@@]3(O)C(=O)C1C2=O)CC(C)C. The minimum atomic E-state index is -2.66. The molecule has 2 fully saturated rings. The molecule has 6 atom stereocenters. The molecule has 0 spiro atoms. The second kappa shape index (κ2) is 10.8. The van der Waals surface area contributed by atoms with Crippen LogP contribution >= 0.6 is 0 Å². The molecule has 4 rings (SSSR count). The highest BCUT2D eigenvalue weighted by Crippen LogP contribution is 2.53. The zero-order chi connectivity index (χ0) is 29.8. The van der Waals surface area contributed by atoms with E-state index in [0.717, 1.165) is 24.8 Å². The molecular weight excluding hydrogens is 510 g/mol. The molecule has 8 nitrogen and oxygen atoms in total. The van der Waals surface area contributed by atoms with Crippen molar-refractivity contribution in [3.05, 3.63) is 28.8 Å². The number of Topliss-reactive ketones (excluding diaryl/α,β-unsaturated/α-hetero) is 4. The summed E-state index contributed by atoms with van der Waals surface area (Å²) in [6.45, 7) is 12.2. The fraction of sp³-hybridized carbons (Fsp3) is 0.656. The lowest BCUT2D eigenvalue weighted by molar-refractivity contribution is -0.182. The van der Waals surface area contributed by atoms with E-state index in [1.165, 1.54) is 6.07 Å². The number of nitrogens with two attached hydrogens (primary N) is 1. The van der Waals surface area contributed by atoms with Crippen molar-refractivity contribution in [1.82, 2.24) is 0 Å². The number of phenols is 1. The summed E-state index contributed by atoms with van der Waals surface area (Å²) in [4.78, 5) is 66.7. The van der Waals surface area contributed by atoms with E-state index in [1.54, 1.807) is 13.8 Å². The molecule has 8 heteroatoms. The minimum Gasteiger partial charge on any atom is -0.507 e. The first-order chi connectivity index (χ1) is 18.6. The van der Waals surface area contributed by atoms with Gasteiger partial charge in [-0.2, -0.15) is 0 Å². The Morgan fingerprint density at radius 1 is 1.00 bits per heavy atom. The van der Waals surface area contributed by atoms with Gasteiger partial charge in [0.1, 0.15) is 5.75 Å². The first kappa shape index (κ1) is 30.1. The van der Waals surface area contributed by atoms with Gasteiger partial charge < -0.3 is 15.9 Å². The van der Waals surface area contributed by atoms with Crippen LogP contribution in [0.2, 0.25) is 0 Å². The molecule has 0 aliphatic heterocycles. The summed E-state index contributed by atoms with van der Waals surface area (Å²) in [6, 6.07) is 3.35. The van der Waals surface area contributed by atoms with E-state index in [0.29, 0.717) is 29.7 Å². The Balaban J connectivity index is 1.79. The van der Waals surface area contributed by atoms with Gasteiger partial charge in [0.05, 0.1) is 11.5 Å². The van der Waals surface area contributed by atoms with Crippen molar-refractivity contribution in [3.63, 3.8) is 0 Å². The molecule has 3 aliphatic carbocycles. The monoisotopic (exact) mass is 553 g/mol. The Kier molecular flexibility index (Phi) is 8.16. The fourth-order valence-electron chi connectivity index (χ4n) is 8.02. The molecule has 1 aromatic rings. The van der Waals surface area contributed by atoms with E-state index in [-0.39, 0.29) is 23.7 Å². The molecule has 0 bridgehead atoms. The number of aromatic hydroxyl groups is 1. The van der Waals surface area contributed by atoms with E-state index in [4.69, 9.17) is 5.73 Å². The summed E-state index contributed by atoms with van der Waals surface area (Å²) in [5.74, 6) is -9.75. The van der Waals surface area contributed by atoms with Gasteiger partial charge in [-0.15, -0.1) is 0 Å². The number of amides is 1. The van der Waals surface area contributed by atoms with Crippen LogP contribution in [0.15, 0.2) is 12.1 Å². The molecule has 0 heterocycles. The molecule has 2 unspecified atom stereocenters. The van der Waals surface area contributed by atoms with Gasteiger partial charge in [-0.25, -0.2) is 0 Å². The maximum Gasteiger partial charge on any atom is 0.235 e. The molecule has 0 saturated heterocycles. The van der Waals surface area contributed by atoms with Crippen LogP contribution in [0, 0.1) is 53.3 Å². The molecule has 0 aromatic heterocycles. The summed E-state index contributed by atoms with van der Waals surface area (Å²) < 4.78 is 0. The summed E-state index contributed by atoms with van der Waals surface area (Å²) in [7, 11) is 0. The Bertz CT molecular complexity index is 1240. The predicted molar refractivity (Wildman–Crippen MR) is 148 cm³/mol. The van der Waals surface area contributed by atoms with Crippen LogP contribution in [0.25, 0.3) is 0 Å². The lowest BCUT2D eigenvalue weighted by Gasteiger charge is -2.52. The van der Waals surface area contributed by atoms with Gasteiger partial charge in [0, 0.05) is 11.8 Å². The third-order valence-corrected chi connectivity index (χ3v) is 9.41. The molecule has 1 aromatic carbocycles. The predicted octanol–water partition coefficient (Wildman–Crippen LogP) is 3.46. The van der Waals surface area contributed by atoms with Gasteiger partial charge in [-0.3, -0.25) is 24.0 Å². The van der Waals surface area contributed by atoms with E-state index < -0.39 is 64.2 Å². The number of phenolic OH excluding ortho intramolecular Hbond substituents is 1. The van der Waals surface area contributed by atoms with E-state index >= 15 is 0 Å². The topological polar surface area (TPSA) is 152 Å². The van der Waals surface area contributed by atoms with Crippen LogP contribution in [-0.4, -0.2) is 44.9 Å². The van der Waals surface area contributed by atoms with Crippen molar-refractivity contribution >= 4 is 29.0 Å². The second-order valence-corrected chi connectivity index (χ2v) is 13.6. The minimum absolute atomic E-state index is 0.0770. The summed E-state index contributed by atoms with van der Waals surface area (Å²) in [6.07, 6.45) is 3.18. The number of hydrogen-bond acceptors (Lipinski definition) is 7. The van der Waals surface area contributed by atoms with Crippen molar-refractivity contribution in [2.24, 2.45) is 59.0 Å². The summed E-state index contributed by atoms with van der Waals surface area (Å²) in [5.41, 5.74) is 4.48. The van der Waals surface area contributed by atoms with Gasteiger partial charge in [-0.1, -0.05) is 47.6 Å². The van der Waals surface area contributed by atoms with E-state index in [9.17, 15) is 34.2 Å². The Morgan fingerprint density at radius 3 is 2.12 bits per heavy atom. The highest BCUT2D eigenvalue weighted by atomic mass is 16.3. The van der Waals surface area contributed by atoms with Gasteiger partial charge in [0.15, 0.2) is 34.7 Å². The van der Waals surface area contributed by atoms with E-state index in [2.05, 4.69) is 27.7 Å². The Morgan fingerprint density at radius 2 is 1.60 bits per heavy atom. The fourth-order valence-corrected chi connectivity index (χ4v) is 8.02. The van der Waals surface area contributed by atoms with Crippen LogP contribution in [0.4, 0.5) is 0 Å². The summed E-state index contributed by atoms with van der Waals surface area (Å²) >= 11 is 0. The van der Waals surface area contributed by atoms with Crippen LogP contribution in [-0.2, 0) is 32.0 Å². The number of hydrogen-bond donors (Lipinski definition) is 3. The average molecular weight is 554 g/mol. The third kappa shape index (κ3) is 4.82. The van der Waals surface area contributed by atoms with Crippen molar-refractivity contribution in [2.45, 2.75) is 79.2 Å². The number of benzene rings is 1. The molecular formula is C32H43NO7. The number of ketones is 4. The number of carbonyl (C=O) groups is 5. The Labute approximate surface area is 236 Å². The third-order valence-electron chi connectivity index (χ3n) is 9.41. The maximum atomic E-state index is 14.0. The highest BCUT2D eigenvalue weighted by Gasteiger charge is 2.69. The standard InChI is InChI=1S/C32H43NO7/c1-14(2)9-17(10-15(3)4)11-18-7-8-22(34)25-20(18)12-19-13-21-23(16(5)6)27(35)26(31(33)39)30(38)32(21,40)29(37)24(19)28(25)36/h7-8,14-17,19,21,23-24,26,34,40H,9-13H2,1-6H3,(H2,33,39)/t19-,21-,23-,24?,26?,32-/m0/s1. The number of aliphatic hydroxyl groups is 1. The van der Waals surface area contributed by atoms with E-state index in [1.807, 2.05) is 6.07 Å². The quantitative estimate of drug-likeness (QED) is 0.417. The molecule has 0 radical (unpaired) electrons. The van der Waals surface area contributed by atoms with Crippen molar-refractivity contribution in [1.29, 1.82) is 0 Å². The second-order valence-electron chi connectivity index (χ2n) is 13.6. The summed E-state index contributed by atoms with van der Waals surface area (Å²) in [5, 5.41) is 22.5.